The maximum absolute atomic E-state index is 12.2. The SMILES string of the molecule is CC(C)(C)CC(=O)N1CCC(C(=O)NCc2cccnc2)CC1. The van der Waals surface area contributed by atoms with Crippen LogP contribution in [0.2, 0.25) is 0 Å². The third-order valence-corrected chi connectivity index (χ3v) is 4.09. The van der Waals surface area contributed by atoms with Gasteiger partial charge in [-0.25, -0.2) is 0 Å². The smallest absolute Gasteiger partial charge is 0.223 e. The average molecular weight is 317 g/mol. The van der Waals surface area contributed by atoms with Gasteiger partial charge < -0.3 is 10.2 Å². The normalized spacial score (nSPS) is 16.2. The lowest BCUT2D eigenvalue weighted by Gasteiger charge is -2.33. The van der Waals surface area contributed by atoms with Gasteiger partial charge in [0, 0.05) is 44.4 Å². The lowest BCUT2D eigenvalue weighted by atomic mass is 9.90. The minimum absolute atomic E-state index is 0.00496. The van der Waals surface area contributed by atoms with Crippen molar-refractivity contribution in [2.45, 2.75) is 46.6 Å². The summed E-state index contributed by atoms with van der Waals surface area (Å²) < 4.78 is 0. The van der Waals surface area contributed by atoms with E-state index in [1.165, 1.54) is 0 Å². The fraction of sp³-hybridized carbons (Fsp3) is 0.611. The van der Waals surface area contributed by atoms with E-state index in [1.54, 1.807) is 12.4 Å². The fourth-order valence-corrected chi connectivity index (χ4v) is 2.79. The van der Waals surface area contributed by atoms with Crippen LogP contribution in [0, 0.1) is 11.3 Å². The van der Waals surface area contributed by atoms with Gasteiger partial charge in [-0.2, -0.15) is 0 Å². The molecule has 2 rings (SSSR count). The second kappa shape index (κ2) is 7.57. The molecule has 1 aliphatic heterocycles. The summed E-state index contributed by atoms with van der Waals surface area (Å²) in [6.45, 7) is 8.09. The Morgan fingerprint density at radius 1 is 1.30 bits per heavy atom. The van der Waals surface area contributed by atoms with Crippen molar-refractivity contribution in [1.82, 2.24) is 15.2 Å². The molecule has 0 radical (unpaired) electrons. The first-order valence-corrected chi connectivity index (χ1v) is 8.29. The molecule has 0 aromatic carbocycles. The second-order valence-electron chi connectivity index (χ2n) is 7.47. The van der Waals surface area contributed by atoms with E-state index in [1.807, 2.05) is 17.0 Å². The van der Waals surface area contributed by atoms with Crippen LogP contribution in [-0.4, -0.2) is 34.8 Å². The highest BCUT2D eigenvalue weighted by molar-refractivity contribution is 5.80. The van der Waals surface area contributed by atoms with Gasteiger partial charge in [-0.1, -0.05) is 26.8 Å². The monoisotopic (exact) mass is 317 g/mol. The van der Waals surface area contributed by atoms with E-state index in [2.05, 4.69) is 31.1 Å². The quantitative estimate of drug-likeness (QED) is 0.927. The molecule has 0 saturated carbocycles. The number of carbonyl (C=O) groups is 2. The van der Waals surface area contributed by atoms with Crippen molar-refractivity contribution in [2.24, 2.45) is 11.3 Å². The zero-order valence-corrected chi connectivity index (χ0v) is 14.3. The number of hydrogen-bond acceptors (Lipinski definition) is 3. The standard InChI is InChI=1S/C18H27N3O2/c1-18(2,3)11-16(22)21-9-6-15(7-10-21)17(23)20-13-14-5-4-8-19-12-14/h4-5,8,12,15H,6-7,9-11,13H2,1-3H3,(H,20,23). The van der Waals surface area contributed by atoms with E-state index < -0.39 is 0 Å². The number of aromatic nitrogens is 1. The Labute approximate surface area is 138 Å². The Morgan fingerprint density at radius 2 is 2.00 bits per heavy atom. The molecule has 2 amide bonds. The zero-order valence-electron chi connectivity index (χ0n) is 14.3. The molecule has 0 aliphatic carbocycles. The van der Waals surface area contributed by atoms with Crippen molar-refractivity contribution >= 4 is 11.8 Å². The Kier molecular flexibility index (Phi) is 5.74. The van der Waals surface area contributed by atoms with Crippen molar-refractivity contribution in [3.63, 3.8) is 0 Å². The number of nitrogens with zero attached hydrogens (tertiary/aromatic N) is 2. The molecule has 1 fully saturated rings. The molecule has 0 bridgehead atoms. The minimum Gasteiger partial charge on any atom is -0.352 e. The van der Waals surface area contributed by atoms with E-state index >= 15 is 0 Å². The van der Waals surface area contributed by atoms with Crippen LogP contribution in [-0.2, 0) is 16.1 Å². The topological polar surface area (TPSA) is 62.3 Å². The molecule has 1 aromatic rings. The van der Waals surface area contributed by atoms with Gasteiger partial charge in [0.25, 0.3) is 0 Å². The lowest BCUT2D eigenvalue weighted by Crippen LogP contribution is -2.43. The van der Waals surface area contributed by atoms with Gasteiger partial charge in [-0.3, -0.25) is 14.6 Å². The van der Waals surface area contributed by atoms with Gasteiger partial charge in [0.05, 0.1) is 0 Å². The third kappa shape index (κ3) is 5.66. The van der Waals surface area contributed by atoms with E-state index in [-0.39, 0.29) is 23.1 Å². The number of carbonyl (C=O) groups excluding carboxylic acids is 2. The highest BCUT2D eigenvalue weighted by Gasteiger charge is 2.28. The Hall–Kier alpha value is -1.91. The first kappa shape index (κ1) is 17.4. The van der Waals surface area contributed by atoms with Gasteiger partial charge in [0.2, 0.25) is 11.8 Å². The van der Waals surface area contributed by atoms with Gasteiger partial charge >= 0.3 is 0 Å². The first-order valence-electron chi connectivity index (χ1n) is 8.29. The van der Waals surface area contributed by atoms with Crippen molar-refractivity contribution in [2.75, 3.05) is 13.1 Å². The number of amides is 2. The van der Waals surface area contributed by atoms with Gasteiger partial charge in [0.1, 0.15) is 0 Å². The number of hydrogen-bond donors (Lipinski definition) is 1. The summed E-state index contributed by atoms with van der Waals surface area (Å²) in [7, 11) is 0. The Bertz CT molecular complexity index is 529. The molecular formula is C18H27N3O2. The molecule has 23 heavy (non-hydrogen) atoms. The van der Waals surface area contributed by atoms with E-state index in [0.29, 0.717) is 26.1 Å². The molecular weight excluding hydrogens is 290 g/mol. The Balaban J connectivity index is 1.75. The summed E-state index contributed by atoms with van der Waals surface area (Å²) in [5.41, 5.74) is 1.01. The van der Waals surface area contributed by atoms with Crippen LogP contribution in [0.4, 0.5) is 0 Å². The molecule has 0 unspecified atom stereocenters. The minimum atomic E-state index is 0.00496. The molecule has 1 aromatic heterocycles. The van der Waals surface area contributed by atoms with Crippen LogP contribution in [0.15, 0.2) is 24.5 Å². The Morgan fingerprint density at radius 3 is 2.57 bits per heavy atom. The average Bonchev–Trinajstić information content (AvgIpc) is 2.52. The van der Waals surface area contributed by atoms with E-state index in [0.717, 1.165) is 18.4 Å². The van der Waals surface area contributed by atoms with Crippen LogP contribution < -0.4 is 5.32 Å². The molecule has 5 nitrogen and oxygen atoms in total. The number of likely N-dealkylation sites (tertiary alicyclic amines) is 1. The summed E-state index contributed by atoms with van der Waals surface area (Å²) in [5.74, 6) is 0.286. The lowest BCUT2D eigenvalue weighted by molar-refractivity contribution is -0.137. The third-order valence-electron chi connectivity index (χ3n) is 4.09. The highest BCUT2D eigenvalue weighted by Crippen LogP contribution is 2.23. The molecule has 0 spiro atoms. The van der Waals surface area contributed by atoms with Crippen LogP contribution in [0.3, 0.4) is 0 Å². The molecule has 1 saturated heterocycles. The fourth-order valence-electron chi connectivity index (χ4n) is 2.79. The van der Waals surface area contributed by atoms with E-state index in [9.17, 15) is 9.59 Å². The predicted octanol–water partition coefficient (Wildman–Crippen LogP) is 2.37. The summed E-state index contributed by atoms with van der Waals surface area (Å²) in [5, 5.41) is 2.97. The molecule has 126 valence electrons. The summed E-state index contributed by atoms with van der Waals surface area (Å²) in [6, 6.07) is 3.81. The van der Waals surface area contributed by atoms with Gasteiger partial charge in [-0.15, -0.1) is 0 Å². The van der Waals surface area contributed by atoms with Gasteiger partial charge in [-0.05, 0) is 29.9 Å². The number of piperidine rings is 1. The number of nitrogens with one attached hydrogen (secondary N) is 1. The molecule has 0 atom stereocenters. The van der Waals surface area contributed by atoms with Crippen LogP contribution in [0.1, 0.15) is 45.6 Å². The second-order valence-corrected chi connectivity index (χ2v) is 7.47. The van der Waals surface area contributed by atoms with Crippen LogP contribution >= 0.6 is 0 Å². The largest absolute Gasteiger partial charge is 0.352 e. The molecule has 1 N–H and O–H groups in total. The highest BCUT2D eigenvalue weighted by atomic mass is 16.2. The first-order chi connectivity index (χ1) is 10.8. The zero-order chi connectivity index (χ0) is 16.9. The molecule has 2 heterocycles. The molecule has 5 heteroatoms. The van der Waals surface area contributed by atoms with Crippen molar-refractivity contribution in [3.05, 3.63) is 30.1 Å². The predicted molar refractivity (Wildman–Crippen MR) is 89.5 cm³/mol. The summed E-state index contributed by atoms with van der Waals surface area (Å²) >= 11 is 0. The van der Waals surface area contributed by atoms with Crippen LogP contribution in [0.5, 0.6) is 0 Å². The van der Waals surface area contributed by atoms with Gasteiger partial charge in [0.15, 0.2) is 0 Å². The number of rotatable bonds is 4. The summed E-state index contributed by atoms with van der Waals surface area (Å²) in [4.78, 5) is 30.4. The molecule has 1 aliphatic rings. The number of pyridine rings is 1. The van der Waals surface area contributed by atoms with Crippen molar-refractivity contribution in [1.29, 1.82) is 0 Å². The van der Waals surface area contributed by atoms with Crippen molar-refractivity contribution < 1.29 is 9.59 Å². The van der Waals surface area contributed by atoms with E-state index in [4.69, 9.17) is 0 Å². The van der Waals surface area contributed by atoms with Crippen LogP contribution in [0.25, 0.3) is 0 Å². The maximum Gasteiger partial charge on any atom is 0.223 e. The summed E-state index contributed by atoms with van der Waals surface area (Å²) in [6.07, 6.45) is 5.53. The maximum atomic E-state index is 12.2. The van der Waals surface area contributed by atoms with Crippen molar-refractivity contribution in [3.8, 4) is 0 Å².